The number of nitrogens with one attached hydrogen (secondary N) is 1. The summed E-state index contributed by atoms with van der Waals surface area (Å²) in [4.78, 5) is 12.7. The van der Waals surface area contributed by atoms with Gasteiger partial charge in [-0.1, -0.05) is 23.8 Å². The van der Waals surface area contributed by atoms with Crippen LogP contribution in [0.25, 0.3) is 0 Å². The minimum Gasteiger partial charge on any atom is -0.381 e. The molecule has 4 aliphatic rings. The molecule has 0 radical (unpaired) electrons. The fourth-order valence-electron chi connectivity index (χ4n) is 4.59. The number of aryl methyl sites for hydroxylation is 1. The molecule has 9 heteroatoms. The Morgan fingerprint density at radius 1 is 1.19 bits per heavy atom. The number of ether oxygens (including phenoxy) is 2. The second kappa shape index (κ2) is 9.57. The average Bonchev–Trinajstić information content (AvgIpc) is 3.17. The summed E-state index contributed by atoms with van der Waals surface area (Å²) in [5.41, 5.74) is 0.933. The Bertz CT molecular complexity index is 895. The topological polar surface area (TPSA) is 76.6 Å². The first-order valence-corrected chi connectivity index (χ1v) is 12.9. The van der Waals surface area contributed by atoms with E-state index in [1.807, 2.05) is 12.2 Å². The van der Waals surface area contributed by atoms with Crippen LogP contribution in [0.5, 0.6) is 0 Å². The summed E-state index contributed by atoms with van der Waals surface area (Å²) in [6.45, 7) is 3.19. The molecule has 2 fully saturated rings. The van der Waals surface area contributed by atoms with Gasteiger partial charge < -0.3 is 19.7 Å². The number of fused-ring (bicyclic) bond motifs is 1. The summed E-state index contributed by atoms with van der Waals surface area (Å²) in [6.07, 6.45) is 11.5. The normalized spacial score (nSPS) is 27.3. The third-order valence-corrected chi connectivity index (χ3v) is 8.20. The van der Waals surface area contributed by atoms with Gasteiger partial charge in [0.2, 0.25) is 5.95 Å². The molecule has 1 aliphatic carbocycles. The Morgan fingerprint density at radius 2 is 2.00 bits per heavy atom. The Balaban J connectivity index is 1.27. The van der Waals surface area contributed by atoms with Crippen molar-refractivity contribution in [2.45, 2.75) is 61.7 Å². The summed E-state index contributed by atoms with van der Waals surface area (Å²) < 4.78 is 24.3. The lowest BCUT2D eigenvalue weighted by atomic mass is 10.1. The van der Waals surface area contributed by atoms with Crippen LogP contribution in [0.3, 0.4) is 0 Å². The Hall–Kier alpha value is -1.48. The van der Waals surface area contributed by atoms with Crippen molar-refractivity contribution in [1.82, 2.24) is 9.97 Å². The molecule has 0 saturated carbocycles. The van der Waals surface area contributed by atoms with Crippen molar-refractivity contribution in [1.29, 1.82) is 0 Å². The zero-order valence-electron chi connectivity index (χ0n) is 17.6. The number of hydrogen-bond acceptors (Lipinski definition) is 7. The number of aromatic nitrogens is 2. The van der Waals surface area contributed by atoms with Gasteiger partial charge in [0, 0.05) is 49.6 Å². The number of allylic oxidation sites excluding steroid dienone is 2. The van der Waals surface area contributed by atoms with E-state index in [-0.39, 0.29) is 12.2 Å². The van der Waals surface area contributed by atoms with Crippen molar-refractivity contribution in [3.05, 3.63) is 29.0 Å². The highest BCUT2D eigenvalue weighted by Crippen LogP contribution is 2.32. The maximum Gasteiger partial charge on any atom is 0.227 e. The Labute approximate surface area is 190 Å². The van der Waals surface area contributed by atoms with Gasteiger partial charge in [-0.25, -0.2) is 4.98 Å². The highest BCUT2D eigenvalue weighted by Gasteiger charge is 2.30. The third-order valence-electron chi connectivity index (χ3n) is 6.37. The van der Waals surface area contributed by atoms with E-state index in [4.69, 9.17) is 31.0 Å². The van der Waals surface area contributed by atoms with E-state index in [1.54, 1.807) is 0 Å². The molecule has 0 amide bonds. The van der Waals surface area contributed by atoms with Crippen molar-refractivity contribution in [2.24, 2.45) is 0 Å². The zero-order chi connectivity index (χ0) is 21.2. The smallest absolute Gasteiger partial charge is 0.227 e. The quantitative estimate of drug-likeness (QED) is 0.717. The highest BCUT2D eigenvalue weighted by atomic mass is 35.5. The van der Waals surface area contributed by atoms with Crippen LogP contribution < -0.4 is 10.2 Å². The number of anilines is 2. The molecule has 1 aromatic rings. The van der Waals surface area contributed by atoms with Gasteiger partial charge >= 0.3 is 0 Å². The fraction of sp³-hybridized carbons (Fsp3) is 0.636. The molecule has 7 nitrogen and oxygen atoms in total. The SMILES string of the molecule is O=S1CCc2nc(N3CCC(OC4CC=CC=C4Cl)CC3)nc(NC3CCOCC3)c21. The van der Waals surface area contributed by atoms with Gasteiger partial charge in [-0.15, -0.1) is 0 Å². The van der Waals surface area contributed by atoms with Gasteiger partial charge in [0.25, 0.3) is 0 Å². The van der Waals surface area contributed by atoms with E-state index in [1.165, 1.54) is 0 Å². The molecule has 2 saturated heterocycles. The first-order valence-electron chi connectivity index (χ1n) is 11.2. The minimum absolute atomic E-state index is 0.0234. The van der Waals surface area contributed by atoms with Gasteiger partial charge in [0.15, 0.2) is 0 Å². The van der Waals surface area contributed by atoms with E-state index in [9.17, 15) is 4.21 Å². The van der Waals surface area contributed by atoms with Crippen LogP contribution in [0.2, 0.25) is 0 Å². The molecule has 2 unspecified atom stereocenters. The molecular weight excluding hydrogens is 436 g/mol. The number of halogens is 1. The number of rotatable bonds is 5. The standard InChI is InChI=1S/C22H29ClN4O3S/c23-17-3-1-2-4-19(17)30-16-5-10-27(11-6-16)22-25-18-9-14-31(28)20(18)21(26-22)24-15-7-12-29-13-8-15/h1-3,15-16,19H,4-14H2,(H,24,25,26). The van der Waals surface area contributed by atoms with Crippen LogP contribution in [0.4, 0.5) is 11.8 Å². The van der Waals surface area contributed by atoms with E-state index < -0.39 is 10.8 Å². The van der Waals surface area contributed by atoms with Crippen LogP contribution in [-0.4, -0.2) is 64.5 Å². The van der Waals surface area contributed by atoms with Gasteiger partial charge in [-0.05, 0) is 38.2 Å². The van der Waals surface area contributed by atoms with Crippen molar-refractivity contribution in [3.8, 4) is 0 Å². The summed E-state index contributed by atoms with van der Waals surface area (Å²) >= 11 is 6.30. The lowest BCUT2D eigenvalue weighted by Gasteiger charge is -2.34. The molecule has 0 spiro atoms. The van der Waals surface area contributed by atoms with Crippen molar-refractivity contribution in [2.75, 3.05) is 42.3 Å². The molecule has 1 N–H and O–H groups in total. The molecule has 0 bridgehead atoms. The molecular formula is C22H29ClN4O3S. The second-order valence-electron chi connectivity index (χ2n) is 8.51. The Kier molecular flexibility index (Phi) is 6.59. The van der Waals surface area contributed by atoms with Gasteiger partial charge in [-0.2, -0.15) is 4.98 Å². The first-order chi connectivity index (χ1) is 15.2. The zero-order valence-corrected chi connectivity index (χ0v) is 19.2. The first kappa shape index (κ1) is 21.4. The second-order valence-corrected chi connectivity index (χ2v) is 10.4. The van der Waals surface area contributed by atoms with Crippen LogP contribution >= 0.6 is 11.6 Å². The predicted molar refractivity (Wildman–Crippen MR) is 122 cm³/mol. The maximum atomic E-state index is 12.6. The van der Waals surface area contributed by atoms with Crippen LogP contribution in [-0.2, 0) is 26.7 Å². The number of hydrogen-bond donors (Lipinski definition) is 1. The molecule has 168 valence electrons. The molecule has 5 rings (SSSR count). The Morgan fingerprint density at radius 3 is 2.77 bits per heavy atom. The van der Waals surface area contributed by atoms with Gasteiger partial charge in [-0.3, -0.25) is 4.21 Å². The van der Waals surface area contributed by atoms with Crippen molar-refractivity contribution < 1.29 is 13.7 Å². The number of nitrogens with zero attached hydrogens (tertiary/aromatic N) is 3. The van der Waals surface area contributed by atoms with Crippen LogP contribution in [0, 0.1) is 0 Å². The largest absolute Gasteiger partial charge is 0.381 e. The molecule has 0 aromatic carbocycles. The van der Waals surface area contributed by atoms with E-state index >= 15 is 0 Å². The summed E-state index contributed by atoms with van der Waals surface area (Å²) in [5.74, 6) is 2.13. The minimum atomic E-state index is -1.02. The predicted octanol–water partition coefficient (Wildman–Crippen LogP) is 3.17. The van der Waals surface area contributed by atoms with E-state index in [0.29, 0.717) is 11.8 Å². The van der Waals surface area contributed by atoms with Crippen molar-refractivity contribution >= 4 is 34.2 Å². The summed E-state index contributed by atoms with van der Waals surface area (Å²) in [6, 6.07) is 0.305. The summed E-state index contributed by atoms with van der Waals surface area (Å²) in [7, 11) is -1.02. The van der Waals surface area contributed by atoms with E-state index in [0.717, 1.165) is 92.2 Å². The average molecular weight is 465 g/mol. The number of piperidine rings is 1. The molecule has 31 heavy (non-hydrogen) atoms. The molecule has 4 heterocycles. The summed E-state index contributed by atoms with van der Waals surface area (Å²) in [5, 5.41) is 4.34. The van der Waals surface area contributed by atoms with Gasteiger partial charge in [0.1, 0.15) is 10.7 Å². The molecule has 1 aromatic heterocycles. The van der Waals surface area contributed by atoms with Gasteiger partial charge in [0.05, 0.1) is 28.7 Å². The lowest BCUT2D eigenvalue weighted by Crippen LogP contribution is -2.40. The highest BCUT2D eigenvalue weighted by molar-refractivity contribution is 7.85. The molecule has 2 atom stereocenters. The monoisotopic (exact) mass is 464 g/mol. The van der Waals surface area contributed by atoms with Crippen LogP contribution in [0.1, 0.15) is 37.8 Å². The van der Waals surface area contributed by atoms with E-state index in [2.05, 4.69) is 16.3 Å². The maximum absolute atomic E-state index is 12.6. The third kappa shape index (κ3) is 4.82. The lowest BCUT2D eigenvalue weighted by molar-refractivity contribution is -0.00111. The molecule has 3 aliphatic heterocycles. The fourth-order valence-corrected chi connectivity index (χ4v) is 6.11. The van der Waals surface area contributed by atoms with Crippen LogP contribution in [0.15, 0.2) is 28.2 Å². The van der Waals surface area contributed by atoms with Crippen molar-refractivity contribution in [3.63, 3.8) is 0 Å².